The summed E-state index contributed by atoms with van der Waals surface area (Å²) in [5.74, 6) is -1.27. The van der Waals surface area contributed by atoms with Crippen LogP contribution in [0.1, 0.15) is 27.7 Å². The van der Waals surface area contributed by atoms with Gasteiger partial charge in [0, 0.05) is 7.11 Å². The molecule has 2 rings (SSSR count). The zero-order chi connectivity index (χ0) is 15.1. The Balaban J connectivity index is 2.10. The van der Waals surface area contributed by atoms with E-state index in [2.05, 4.69) is 0 Å². The van der Waals surface area contributed by atoms with Crippen LogP contribution in [0.15, 0.2) is 0 Å². The fourth-order valence-corrected chi connectivity index (χ4v) is 2.52. The van der Waals surface area contributed by atoms with E-state index < -0.39 is 42.4 Å². The van der Waals surface area contributed by atoms with Crippen LogP contribution in [0.3, 0.4) is 0 Å². The predicted octanol–water partition coefficient (Wildman–Crippen LogP) is 0.157. The van der Waals surface area contributed by atoms with Crippen molar-refractivity contribution >= 4 is 5.97 Å². The Bertz CT molecular complexity index is 372. The maximum Gasteiger partial charge on any atom is 0.325 e. The van der Waals surface area contributed by atoms with Crippen molar-refractivity contribution in [2.45, 2.75) is 70.2 Å². The molecule has 2 N–H and O–H groups in total. The number of carbonyl (C=O) groups is 1. The van der Waals surface area contributed by atoms with Gasteiger partial charge in [-0.25, -0.2) is 0 Å². The molecule has 2 saturated heterocycles. The number of nitrogens with two attached hydrogens (primary N) is 1. The van der Waals surface area contributed by atoms with Gasteiger partial charge in [0.05, 0.1) is 6.10 Å². The molecule has 0 aromatic carbocycles. The van der Waals surface area contributed by atoms with Crippen LogP contribution in [0.2, 0.25) is 0 Å². The first-order valence-corrected chi connectivity index (χ1v) is 6.75. The van der Waals surface area contributed by atoms with Gasteiger partial charge < -0.3 is 29.4 Å². The number of rotatable bonds is 4. The Morgan fingerprint density at radius 3 is 2.40 bits per heavy atom. The molecule has 0 spiro atoms. The summed E-state index contributed by atoms with van der Waals surface area (Å²) < 4.78 is 27.5. The molecule has 0 aliphatic carbocycles. The average Bonchev–Trinajstić information content (AvgIpc) is 2.80. The molecule has 2 heterocycles. The molecule has 0 unspecified atom stereocenters. The van der Waals surface area contributed by atoms with E-state index in [0.717, 1.165) is 0 Å². The van der Waals surface area contributed by atoms with Crippen molar-refractivity contribution in [2.24, 2.45) is 5.73 Å². The summed E-state index contributed by atoms with van der Waals surface area (Å²) in [7, 11) is 1.51. The monoisotopic (exact) mass is 289 g/mol. The summed E-state index contributed by atoms with van der Waals surface area (Å²) in [6.07, 6.45) is -2.36. The maximum atomic E-state index is 11.9. The van der Waals surface area contributed by atoms with Crippen molar-refractivity contribution in [2.75, 3.05) is 7.11 Å². The van der Waals surface area contributed by atoms with Gasteiger partial charge >= 0.3 is 5.97 Å². The number of ether oxygens (including phenoxy) is 5. The lowest BCUT2D eigenvalue weighted by molar-refractivity contribution is -0.230. The van der Waals surface area contributed by atoms with E-state index in [1.807, 2.05) is 0 Å². The van der Waals surface area contributed by atoms with E-state index in [1.54, 1.807) is 27.7 Å². The summed E-state index contributed by atoms with van der Waals surface area (Å²) in [6.45, 7) is 7.12. The molecule has 2 fully saturated rings. The molecule has 0 aromatic heterocycles. The minimum atomic E-state index is -0.942. The molecule has 5 atom stereocenters. The Morgan fingerprint density at radius 1 is 1.25 bits per heavy atom. The minimum absolute atomic E-state index is 0.235. The first-order chi connectivity index (χ1) is 9.25. The fourth-order valence-electron chi connectivity index (χ4n) is 2.52. The zero-order valence-electron chi connectivity index (χ0n) is 12.5. The SMILES string of the molecule is CO[C@@H]1O[C@H]([C@H](N)C(=O)OC(C)C)[C@H]2OC(C)(C)O[C@@H]12. The molecule has 20 heavy (non-hydrogen) atoms. The number of hydrogen-bond donors (Lipinski definition) is 1. The van der Waals surface area contributed by atoms with Gasteiger partial charge in [-0.1, -0.05) is 0 Å². The third-order valence-corrected chi connectivity index (χ3v) is 3.26. The lowest BCUT2D eigenvalue weighted by atomic mass is 10.0. The standard InChI is InChI=1S/C13H23NO6/c1-6(2)17-11(15)7(14)8-9-10(12(16-5)18-8)20-13(3,4)19-9/h6-10,12H,14H2,1-5H3/t7-,8+,9+,10+,12+/m0/s1. The van der Waals surface area contributed by atoms with E-state index in [-0.39, 0.29) is 6.10 Å². The summed E-state index contributed by atoms with van der Waals surface area (Å²) in [4.78, 5) is 11.9. The third kappa shape index (κ3) is 2.96. The zero-order valence-corrected chi connectivity index (χ0v) is 12.5. The van der Waals surface area contributed by atoms with Crippen molar-refractivity contribution in [3.63, 3.8) is 0 Å². The highest BCUT2D eigenvalue weighted by Crippen LogP contribution is 2.39. The molecule has 0 radical (unpaired) electrons. The topological polar surface area (TPSA) is 89.2 Å². The Hall–Kier alpha value is -0.730. The second-order valence-corrected chi connectivity index (χ2v) is 5.78. The van der Waals surface area contributed by atoms with Crippen LogP contribution in [0.25, 0.3) is 0 Å². The van der Waals surface area contributed by atoms with Gasteiger partial charge in [0.25, 0.3) is 0 Å². The van der Waals surface area contributed by atoms with Gasteiger partial charge in [0.2, 0.25) is 0 Å². The molecule has 2 aliphatic rings. The summed E-state index contributed by atoms with van der Waals surface area (Å²) in [6, 6.07) is -0.942. The number of methoxy groups -OCH3 is 1. The maximum absolute atomic E-state index is 11.9. The second kappa shape index (κ2) is 5.57. The second-order valence-electron chi connectivity index (χ2n) is 5.78. The average molecular weight is 289 g/mol. The van der Waals surface area contributed by atoms with E-state index in [0.29, 0.717) is 0 Å². The van der Waals surface area contributed by atoms with Crippen LogP contribution in [-0.4, -0.2) is 55.6 Å². The molecule has 0 amide bonds. The van der Waals surface area contributed by atoms with Crippen LogP contribution in [-0.2, 0) is 28.5 Å². The molecule has 7 nitrogen and oxygen atoms in total. The number of esters is 1. The lowest BCUT2D eigenvalue weighted by Gasteiger charge is -2.26. The van der Waals surface area contributed by atoms with Gasteiger partial charge in [-0.05, 0) is 27.7 Å². The van der Waals surface area contributed by atoms with E-state index in [1.165, 1.54) is 7.11 Å². The molecular formula is C13H23NO6. The van der Waals surface area contributed by atoms with Gasteiger partial charge in [-0.15, -0.1) is 0 Å². The van der Waals surface area contributed by atoms with Crippen molar-refractivity contribution in [3.8, 4) is 0 Å². The predicted molar refractivity (Wildman–Crippen MR) is 68.7 cm³/mol. The first kappa shape index (κ1) is 15.7. The Morgan fingerprint density at radius 2 is 1.85 bits per heavy atom. The highest BCUT2D eigenvalue weighted by molar-refractivity contribution is 5.76. The van der Waals surface area contributed by atoms with Crippen LogP contribution in [0.5, 0.6) is 0 Å². The molecule has 116 valence electrons. The van der Waals surface area contributed by atoms with Crippen LogP contribution in [0, 0.1) is 0 Å². The molecule has 2 aliphatic heterocycles. The quantitative estimate of drug-likeness (QED) is 0.737. The van der Waals surface area contributed by atoms with Crippen molar-refractivity contribution in [1.29, 1.82) is 0 Å². The smallest absolute Gasteiger partial charge is 0.325 e. The highest BCUT2D eigenvalue weighted by Gasteiger charge is 2.58. The van der Waals surface area contributed by atoms with Gasteiger partial charge in [0.15, 0.2) is 12.1 Å². The minimum Gasteiger partial charge on any atom is -0.462 e. The van der Waals surface area contributed by atoms with E-state index in [4.69, 9.17) is 29.4 Å². The van der Waals surface area contributed by atoms with Gasteiger partial charge in [0.1, 0.15) is 24.4 Å². The third-order valence-electron chi connectivity index (χ3n) is 3.26. The Labute approximate surface area is 118 Å². The molecular weight excluding hydrogens is 266 g/mol. The highest BCUT2D eigenvalue weighted by atomic mass is 16.8. The van der Waals surface area contributed by atoms with Crippen molar-refractivity contribution < 1.29 is 28.5 Å². The number of hydrogen-bond acceptors (Lipinski definition) is 7. The summed E-state index contributed by atoms with van der Waals surface area (Å²) >= 11 is 0. The largest absolute Gasteiger partial charge is 0.462 e. The Kier molecular flexibility index (Phi) is 4.36. The number of carbonyl (C=O) groups excluding carboxylic acids is 1. The van der Waals surface area contributed by atoms with E-state index >= 15 is 0 Å². The normalized spacial score (nSPS) is 37.0. The summed E-state index contributed by atoms with van der Waals surface area (Å²) in [5, 5.41) is 0. The van der Waals surface area contributed by atoms with Gasteiger partial charge in [-0.3, -0.25) is 4.79 Å². The molecule has 0 aromatic rings. The van der Waals surface area contributed by atoms with Crippen LogP contribution in [0.4, 0.5) is 0 Å². The van der Waals surface area contributed by atoms with Gasteiger partial charge in [-0.2, -0.15) is 0 Å². The molecule has 7 heteroatoms. The van der Waals surface area contributed by atoms with Crippen LogP contribution >= 0.6 is 0 Å². The van der Waals surface area contributed by atoms with Crippen molar-refractivity contribution in [1.82, 2.24) is 0 Å². The lowest BCUT2D eigenvalue weighted by Crippen LogP contribution is -2.49. The van der Waals surface area contributed by atoms with Crippen LogP contribution < -0.4 is 5.73 Å². The molecule has 0 saturated carbocycles. The first-order valence-electron chi connectivity index (χ1n) is 6.75. The van der Waals surface area contributed by atoms with Crippen molar-refractivity contribution in [3.05, 3.63) is 0 Å². The summed E-state index contributed by atoms with van der Waals surface area (Å²) in [5.41, 5.74) is 5.94. The molecule has 0 bridgehead atoms. The fraction of sp³-hybridized carbons (Fsp3) is 0.923. The van der Waals surface area contributed by atoms with E-state index in [9.17, 15) is 4.79 Å². The number of fused-ring (bicyclic) bond motifs is 1.